The predicted molar refractivity (Wildman–Crippen MR) is 105 cm³/mol. The Labute approximate surface area is 163 Å². The van der Waals surface area contributed by atoms with Crippen molar-refractivity contribution in [2.24, 2.45) is 16.6 Å². The number of amides is 1. The number of aliphatic imine (C=N–C) groups is 1. The van der Waals surface area contributed by atoms with Gasteiger partial charge in [-0.25, -0.2) is 13.8 Å². The topological polar surface area (TPSA) is 58.7 Å². The summed E-state index contributed by atoms with van der Waals surface area (Å²) < 4.78 is 25.5. The molecular formula is C22H23F2N3O. The molecule has 1 amide bonds. The third kappa shape index (κ3) is 2.79. The normalized spacial score (nSPS) is 24.0. The average Bonchev–Trinajstić information content (AvgIpc) is 2.89. The fraction of sp³-hybridized carbons (Fsp3) is 0.364. The van der Waals surface area contributed by atoms with Crippen LogP contribution in [-0.2, 0) is 23.2 Å². The maximum atomic E-state index is 13.1. The number of nitrogens with zero attached hydrogens (tertiary/aromatic N) is 2. The second kappa shape index (κ2) is 6.69. The van der Waals surface area contributed by atoms with Gasteiger partial charge >= 0.3 is 0 Å². The Morgan fingerprint density at radius 3 is 2.68 bits per heavy atom. The molecule has 1 heterocycles. The van der Waals surface area contributed by atoms with Crippen LogP contribution in [-0.4, -0.2) is 30.2 Å². The molecular weight excluding hydrogens is 360 g/mol. The zero-order valence-corrected chi connectivity index (χ0v) is 16.0. The lowest BCUT2D eigenvalue weighted by molar-refractivity contribution is -0.132. The van der Waals surface area contributed by atoms with Crippen molar-refractivity contribution in [3.05, 3.63) is 59.2 Å². The van der Waals surface area contributed by atoms with Crippen molar-refractivity contribution in [2.75, 3.05) is 7.05 Å². The van der Waals surface area contributed by atoms with Gasteiger partial charge in [0, 0.05) is 13.5 Å². The standard InChI is InChI=1S/C22H23F2N3O/c1-13-6-7-15-8-9-17(16-5-3-4-14(10-16)11-19(23)24)12-18(15)22(13)20(28)27(2)21(25)26-22/h3-5,8-10,12-13,19H,6-7,11H2,1-2H3,(H2,25,26). The smallest absolute Gasteiger partial charge is 0.261 e. The summed E-state index contributed by atoms with van der Waals surface area (Å²) in [6.45, 7) is 2.03. The van der Waals surface area contributed by atoms with Crippen LogP contribution in [0.25, 0.3) is 11.1 Å². The van der Waals surface area contributed by atoms with Crippen molar-refractivity contribution in [3.8, 4) is 11.1 Å². The van der Waals surface area contributed by atoms with Gasteiger partial charge in [0.15, 0.2) is 11.5 Å². The molecule has 0 bridgehead atoms. The fourth-order valence-corrected chi connectivity index (χ4v) is 4.39. The first kappa shape index (κ1) is 18.6. The van der Waals surface area contributed by atoms with Crippen molar-refractivity contribution < 1.29 is 13.6 Å². The highest BCUT2D eigenvalue weighted by molar-refractivity contribution is 6.07. The van der Waals surface area contributed by atoms with E-state index in [1.807, 2.05) is 31.2 Å². The number of likely N-dealkylation sites (N-methyl/N-ethyl adjacent to an activating group) is 1. The van der Waals surface area contributed by atoms with Crippen molar-refractivity contribution in [2.45, 2.75) is 38.2 Å². The van der Waals surface area contributed by atoms with E-state index in [1.54, 1.807) is 25.2 Å². The maximum Gasteiger partial charge on any atom is 0.261 e. The van der Waals surface area contributed by atoms with Crippen molar-refractivity contribution in [3.63, 3.8) is 0 Å². The van der Waals surface area contributed by atoms with E-state index in [0.717, 1.165) is 35.1 Å². The summed E-state index contributed by atoms with van der Waals surface area (Å²) in [5.74, 6) is 0.146. The number of hydrogen-bond acceptors (Lipinski definition) is 3. The number of carbonyl (C=O) groups is 1. The Hall–Kier alpha value is -2.76. The number of alkyl halides is 2. The fourth-order valence-electron chi connectivity index (χ4n) is 4.39. The van der Waals surface area contributed by atoms with Gasteiger partial charge in [-0.1, -0.05) is 43.3 Å². The van der Waals surface area contributed by atoms with Crippen LogP contribution in [0.1, 0.15) is 30.0 Å². The average molecular weight is 383 g/mol. The summed E-state index contributed by atoms with van der Waals surface area (Å²) in [5, 5.41) is 0. The molecule has 2 aromatic carbocycles. The number of aryl methyl sites for hydroxylation is 1. The van der Waals surface area contributed by atoms with Gasteiger partial charge in [-0.3, -0.25) is 9.69 Å². The van der Waals surface area contributed by atoms with E-state index in [4.69, 9.17) is 5.73 Å². The van der Waals surface area contributed by atoms with Gasteiger partial charge in [0.05, 0.1) is 0 Å². The molecule has 0 saturated heterocycles. The second-order valence-corrected chi connectivity index (χ2v) is 7.71. The number of hydrogen-bond donors (Lipinski definition) is 1. The minimum absolute atomic E-state index is 0.0245. The monoisotopic (exact) mass is 383 g/mol. The number of carbonyl (C=O) groups excluding carboxylic acids is 1. The van der Waals surface area contributed by atoms with Gasteiger partial charge in [0.1, 0.15) is 0 Å². The molecule has 0 saturated carbocycles. The SMILES string of the molecule is CC1CCc2ccc(-c3cccc(CC(F)F)c3)cc2C12N=C(N)N(C)C2=O. The summed E-state index contributed by atoms with van der Waals surface area (Å²) >= 11 is 0. The Balaban J connectivity index is 1.83. The van der Waals surface area contributed by atoms with Gasteiger partial charge in [-0.15, -0.1) is 0 Å². The Kier molecular flexibility index (Phi) is 4.44. The van der Waals surface area contributed by atoms with Crippen molar-refractivity contribution in [1.29, 1.82) is 0 Å². The zero-order valence-electron chi connectivity index (χ0n) is 16.0. The van der Waals surface area contributed by atoms with E-state index in [0.29, 0.717) is 5.56 Å². The van der Waals surface area contributed by atoms with E-state index < -0.39 is 12.0 Å². The molecule has 2 N–H and O–H groups in total. The number of nitrogens with two attached hydrogens (primary N) is 1. The molecule has 146 valence electrons. The van der Waals surface area contributed by atoms with Gasteiger partial charge in [0.25, 0.3) is 5.91 Å². The quantitative estimate of drug-likeness (QED) is 0.878. The summed E-state index contributed by atoms with van der Waals surface area (Å²) in [7, 11) is 1.65. The minimum Gasteiger partial charge on any atom is -0.369 e. The maximum absolute atomic E-state index is 13.1. The first-order valence-corrected chi connectivity index (χ1v) is 9.47. The van der Waals surface area contributed by atoms with E-state index in [1.165, 1.54) is 4.90 Å². The lowest BCUT2D eigenvalue weighted by Gasteiger charge is -2.37. The van der Waals surface area contributed by atoms with Gasteiger partial charge < -0.3 is 5.73 Å². The molecule has 2 aliphatic rings. The van der Waals surface area contributed by atoms with Gasteiger partial charge in [-0.05, 0) is 52.6 Å². The highest BCUT2D eigenvalue weighted by atomic mass is 19.3. The highest BCUT2D eigenvalue weighted by Gasteiger charge is 2.54. The number of halogens is 2. The molecule has 28 heavy (non-hydrogen) atoms. The molecule has 1 aliphatic heterocycles. The van der Waals surface area contributed by atoms with Gasteiger partial charge in [0.2, 0.25) is 6.43 Å². The first-order chi connectivity index (χ1) is 13.3. The molecule has 4 nitrogen and oxygen atoms in total. The largest absolute Gasteiger partial charge is 0.369 e. The molecule has 1 spiro atoms. The zero-order chi connectivity index (χ0) is 20.1. The van der Waals surface area contributed by atoms with Gasteiger partial charge in [-0.2, -0.15) is 0 Å². The van der Waals surface area contributed by atoms with Crippen LogP contribution in [0.4, 0.5) is 8.78 Å². The number of rotatable bonds is 3. The summed E-state index contributed by atoms with van der Waals surface area (Å²) in [5.41, 5.74) is 9.29. The van der Waals surface area contributed by atoms with Crippen LogP contribution in [0.3, 0.4) is 0 Å². The van der Waals surface area contributed by atoms with Crippen LogP contribution in [0.5, 0.6) is 0 Å². The molecule has 2 atom stereocenters. The van der Waals surface area contributed by atoms with Crippen LogP contribution in [0.2, 0.25) is 0 Å². The van der Waals surface area contributed by atoms with E-state index >= 15 is 0 Å². The summed E-state index contributed by atoms with van der Waals surface area (Å²) in [6.07, 6.45) is -0.931. The number of benzene rings is 2. The van der Waals surface area contributed by atoms with Crippen molar-refractivity contribution in [1.82, 2.24) is 4.90 Å². The second-order valence-electron chi connectivity index (χ2n) is 7.71. The molecule has 6 heteroatoms. The van der Waals surface area contributed by atoms with E-state index in [-0.39, 0.29) is 24.2 Å². The van der Waals surface area contributed by atoms with Crippen molar-refractivity contribution >= 4 is 11.9 Å². The molecule has 0 radical (unpaired) electrons. The Morgan fingerprint density at radius 2 is 2.00 bits per heavy atom. The van der Waals surface area contributed by atoms with Crippen LogP contribution in [0.15, 0.2) is 47.5 Å². The molecule has 2 aromatic rings. The van der Waals surface area contributed by atoms with Crippen LogP contribution in [0, 0.1) is 5.92 Å². The summed E-state index contributed by atoms with van der Waals surface area (Å²) in [6, 6.07) is 13.2. The first-order valence-electron chi connectivity index (χ1n) is 9.47. The highest BCUT2D eigenvalue weighted by Crippen LogP contribution is 2.47. The Bertz CT molecular complexity index is 972. The molecule has 2 unspecified atom stereocenters. The van der Waals surface area contributed by atoms with Crippen LogP contribution >= 0.6 is 0 Å². The van der Waals surface area contributed by atoms with E-state index in [9.17, 15) is 13.6 Å². The van der Waals surface area contributed by atoms with E-state index in [2.05, 4.69) is 4.99 Å². The lowest BCUT2D eigenvalue weighted by Crippen LogP contribution is -2.46. The summed E-state index contributed by atoms with van der Waals surface area (Å²) in [4.78, 5) is 19.2. The predicted octanol–water partition coefficient (Wildman–Crippen LogP) is 3.73. The number of fused-ring (bicyclic) bond motifs is 2. The lowest BCUT2D eigenvalue weighted by atomic mass is 9.69. The molecule has 4 rings (SSSR count). The molecule has 0 aromatic heterocycles. The number of guanidine groups is 1. The third-order valence-corrected chi connectivity index (χ3v) is 6.00. The molecule has 0 fully saturated rings. The third-order valence-electron chi connectivity index (χ3n) is 6.00. The Morgan fingerprint density at radius 1 is 1.25 bits per heavy atom. The molecule has 1 aliphatic carbocycles. The minimum atomic E-state index is -2.38. The van der Waals surface area contributed by atoms with Crippen LogP contribution < -0.4 is 5.73 Å².